The van der Waals surface area contributed by atoms with Crippen molar-refractivity contribution in [1.82, 2.24) is 4.57 Å². The Balaban J connectivity index is 2.60. The minimum absolute atomic E-state index is 0.0719. The summed E-state index contributed by atoms with van der Waals surface area (Å²) in [5.41, 5.74) is 0.405. The monoisotopic (exact) mass is 373 g/mol. The van der Waals surface area contributed by atoms with Gasteiger partial charge in [-0.15, -0.1) is 11.3 Å². The SMILES string of the molecule is CCOCCCn1c(=C(C#N)C#N)s/c(=C\c2ccccc2Cl)c1=O. The van der Waals surface area contributed by atoms with E-state index in [4.69, 9.17) is 16.3 Å². The first-order valence-electron chi connectivity index (χ1n) is 7.70. The second kappa shape index (κ2) is 9.19. The van der Waals surface area contributed by atoms with Crippen LogP contribution in [0.15, 0.2) is 29.1 Å². The molecule has 5 nitrogen and oxygen atoms in total. The summed E-state index contributed by atoms with van der Waals surface area (Å²) < 4.78 is 7.56. The lowest BCUT2D eigenvalue weighted by Crippen LogP contribution is -2.32. The number of nitrogens with zero attached hydrogens (tertiary/aromatic N) is 3. The van der Waals surface area contributed by atoms with Crippen molar-refractivity contribution < 1.29 is 4.74 Å². The van der Waals surface area contributed by atoms with Crippen molar-refractivity contribution in [2.24, 2.45) is 0 Å². The molecule has 0 fully saturated rings. The molecule has 0 saturated carbocycles. The van der Waals surface area contributed by atoms with Crippen molar-refractivity contribution in [1.29, 1.82) is 10.5 Å². The summed E-state index contributed by atoms with van der Waals surface area (Å²) >= 11 is 7.27. The molecular formula is C18H16ClN3O2S. The number of halogens is 1. The van der Waals surface area contributed by atoms with Gasteiger partial charge in [-0.2, -0.15) is 10.5 Å². The zero-order valence-electron chi connectivity index (χ0n) is 13.7. The first kappa shape index (κ1) is 19.0. The van der Waals surface area contributed by atoms with Crippen LogP contribution in [-0.2, 0) is 11.3 Å². The lowest BCUT2D eigenvalue weighted by atomic mass is 10.2. The Bertz CT molecular complexity index is 993. The zero-order valence-corrected chi connectivity index (χ0v) is 15.2. The molecule has 0 saturated heterocycles. The maximum atomic E-state index is 12.7. The molecule has 128 valence electrons. The zero-order chi connectivity index (χ0) is 18.2. The molecule has 7 heteroatoms. The third kappa shape index (κ3) is 4.58. The summed E-state index contributed by atoms with van der Waals surface area (Å²) in [6, 6.07) is 10.9. The minimum atomic E-state index is -0.237. The van der Waals surface area contributed by atoms with Crippen LogP contribution < -0.4 is 14.8 Å². The van der Waals surface area contributed by atoms with Crippen LogP contribution in [0.1, 0.15) is 18.9 Å². The van der Waals surface area contributed by atoms with E-state index >= 15 is 0 Å². The molecule has 0 aliphatic carbocycles. The fourth-order valence-corrected chi connectivity index (χ4v) is 3.49. The predicted molar refractivity (Wildman–Crippen MR) is 98.6 cm³/mol. The Morgan fingerprint density at radius 2 is 2.08 bits per heavy atom. The predicted octanol–water partition coefficient (Wildman–Crippen LogP) is 2.02. The highest BCUT2D eigenvalue weighted by Gasteiger charge is 2.09. The van der Waals surface area contributed by atoms with Gasteiger partial charge in [0.05, 0.1) is 4.53 Å². The maximum absolute atomic E-state index is 12.7. The van der Waals surface area contributed by atoms with Crippen molar-refractivity contribution >= 4 is 34.6 Å². The van der Waals surface area contributed by atoms with Gasteiger partial charge in [-0.25, -0.2) is 0 Å². The number of aromatic nitrogens is 1. The molecule has 0 aliphatic heterocycles. The third-order valence-corrected chi connectivity index (χ3v) is 4.89. The molecule has 0 N–H and O–H groups in total. The van der Waals surface area contributed by atoms with Crippen LogP contribution in [0, 0.1) is 22.7 Å². The van der Waals surface area contributed by atoms with E-state index in [0.717, 1.165) is 11.3 Å². The Kier molecular flexibility index (Phi) is 6.97. The van der Waals surface area contributed by atoms with Gasteiger partial charge in [0.1, 0.15) is 16.8 Å². The number of nitriles is 2. The first-order chi connectivity index (χ1) is 12.1. The molecule has 0 aliphatic rings. The lowest BCUT2D eigenvalue weighted by molar-refractivity contribution is 0.141. The van der Waals surface area contributed by atoms with Crippen molar-refractivity contribution in [3.63, 3.8) is 0 Å². The maximum Gasteiger partial charge on any atom is 0.269 e. The molecule has 2 aromatic rings. The van der Waals surface area contributed by atoms with Crippen LogP contribution in [0.5, 0.6) is 0 Å². The van der Waals surface area contributed by atoms with Crippen molar-refractivity contribution in [3.8, 4) is 12.1 Å². The number of benzene rings is 1. The lowest BCUT2D eigenvalue weighted by Gasteiger charge is -2.02. The standard InChI is InChI=1S/C18H16ClN3O2S/c1-2-24-9-5-8-22-17(23)16(25-18(22)14(11-20)12-21)10-13-6-3-4-7-15(13)19/h3-4,6-7,10H,2,5,8-9H2,1H3/b16-10-. The van der Waals surface area contributed by atoms with Gasteiger partial charge in [0, 0.05) is 24.8 Å². The molecule has 0 amide bonds. The van der Waals surface area contributed by atoms with E-state index in [1.54, 1.807) is 18.2 Å². The van der Waals surface area contributed by atoms with Crippen LogP contribution in [0.3, 0.4) is 0 Å². The average Bonchev–Trinajstić information content (AvgIpc) is 2.91. The Morgan fingerprint density at radius 1 is 1.36 bits per heavy atom. The summed E-state index contributed by atoms with van der Waals surface area (Å²) in [6.07, 6.45) is 2.30. The average molecular weight is 374 g/mol. The molecule has 1 heterocycles. The Morgan fingerprint density at radius 3 is 2.72 bits per heavy atom. The highest BCUT2D eigenvalue weighted by molar-refractivity contribution is 7.07. The van der Waals surface area contributed by atoms with Gasteiger partial charge in [-0.3, -0.25) is 9.36 Å². The first-order valence-corrected chi connectivity index (χ1v) is 8.90. The van der Waals surface area contributed by atoms with Crippen LogP contribution in [-0.4, -0.2) is 17.8 Å². The van der Waals surface area contributed by atoms with Crippen LogP contribution in [0.2, 0.25) is 5.02 Å². The van der Waals surface area contributed by atoms with Gasteiger partial charge in [0.2, 0.25) is 0 Å². The van der Waals surface area contributed by atoms with Crippen molar-refractivity contribution in [3.05, 3.63) is 54.4 Å². The van der Waals surface area contributed by atoms with Crippen LogP contribution in [0.4, 0.5) is 0 Å². The fourth-order valence-electron chi connectivity index (χ4n) is 2.23. The fraction of sp³-hybridized carbons (Fsp3) is 0.278. The normalized spacial score (nSPS) is 11.1. The number of hydrogen-bond acceptors (Lipinski definition) is 5. The van der Waals surface area contributed by atoms with Crippen molar-refractivity contribution in [2.75, 3.05) is 13.2 Å². The van der Waals surface area contributed by atoms with E-state index in [-0.39, 0.29) is 11.1 Å². The second-order valence-electron chi connectivity index (χ2n) is 5.04. The summed E-state index contributed by atoms with van der Waals surface area (Å²) in [5.74, 6) is 0. The van der Waals surface area contributed by atoms with Crippen LogP contribution in [0.25, 0.3) is 11.6 Å². The third-order valence-electron chi connectivity index (χ3n) is 3.41. The molecule has 0 atom stereocenters. The highest BCUT2D eigenvalue weighted by atomic mass is 35.5. The summed E-state index contributed by atoms with van der Waals surface area (Å²) in [5, 5.41) is 18.9. The molecule has 0 bridgehead atoms. The topological polar surface area (TPSA) is 78.8 Å². The number of rotatable bonds is 6. The molecule has 1 aromatic heterocycles. The smallest absolute Gasteiger partial charge is 0.269 e. The number of hydrogen-bond donors (Lipinski definition) is 0. The van der Waals surface area contributed by atoms with E-state index in [1.165, 1.54) is 4.57 Å². The molecule has 0 radical (unpaired) electrons. The van der Waals surface area contributed by atoms with Crippen molar-refractivity contribution in [2.45, 2.75) is 19.9 Å². The largest absolute Gasteiger partial charge is 0.382 e. The molecule has 1 aromatic carbocycles. The van der Waals surface area contributed by atoms with Gasteiger partial charge in [0.15, 0.2) is 5.57 Å². The molecular weight excluding hydrogens is 358 g/mol. The number of thiazole rings is 1. The van der Waals surface area contributed by atoms with E-state index < -0.39 is 0 Å². The Labute approximate surface area is 154 Å². The molecule has 2 rings (SSSR count). The van der Waals surface area contributed by atoms with E-state index in [9.17, 15) is 15.3 Å². The van der Waals surface area contributed by atoms with Gasteiger partial charge in [0.25, 0.3) is 5.56 Å². The minimum Gasteiger partial charge on any atom is -0.382 e. The van der Waals surface area contributed by atoms with E-state index in [2.05, 4.69) is 0 Å². The summed E-state index contributed by atoms with van der Waals surface area (Å²) in [7, 11) is 0. The Hall–Kier alpha value is -2.38. The van der Waals surface area contributed by atoms with Crippen LogP contribution >= 0.6 is 22.9 Å². The second-order valence-corrected chi connectivity index (χ2v) is 6.48. The van der Waals surface area contributed by atoms with Gasteiger partial charge >= 0.3 is 0 Å². The summed E-state index contributed by atoms with van der Waals surface area (Å²) in [6.45, 7) is 3.39. The molecule has 0 unspecified atom stereocenters. The highest BCUT2D eigenvalue weighted by Crippen LogP contribution is 2.15. The molecule has 25 heavy (non-hydrogen) atoms. The van der Waals surface area contributed by atoms with Gasteiger partial charge in [-0.05, 0) is 31.1 Å². The number of ether oxygens (including phenoxy) is 1. The van der Waals surface area contributed by atoms with Gasteiger partial charge < -0.3 is 4.74 Å². The van der Waals surface area contributed by atoms with E-state index in [0.29, 0.717) is 46.0 Å². The summed E-state index contributed by atoms with van der Waals surface area (Å²) in [4.78, 5) is 12.7. The quantitative estimate of drug-likeness (QED) is 0.725. The molecule has 0 spiro atoms. The van der Waals surface area contributed by atoms with E-state index in [1.807, 2.05) is 31.2 Å². The van der Waals surface area contributed by atoms with Gasteiger partial charge in [-0.1, -0.05) is 29.8 Å².